The van der Waals surface area contributed by atoms with Crippen LogP contribution in [0.5, 0.6) is 0 Å². The number of carbonyl (C=O) groups is 2. The summed E-state index contributed by atoms with van der Waals surface area (Å²) in [5, 5.41) is 15.4. The van der Waals surface area contributed by atoms with Crippen LogP contribution in [0, 0.1) is 0 Å². The topological polar surface area (TPSA) is 126 Å². The Morgan fingerprint density at radius 3 is 2.30 bits per heavy atom. The van der Waals surface area contributed by atoms with E-state index in [0.717, 1.165) is 46.5 Å². The lowest BCUT2D eigenvalue weighted by Crippen LogP contribution is -2.37. The number of nitrogens with two attached hydrogens (primary N) is 1. The Morgan fingerprint density at radius 1 is 0.900 bits per heavy atom. The number of nitrogen functional groups attached to an aromatic ring is 1. The van der Waals surface area contributed by atoms with Gasteiger partial charge in [0.2, 0.25) is 11.8 Å². The lowest BCUT2D eigenvalue weighted by atomic mass is 9.97. The van der Waals surface area contributed by atoms with Gasteiger partial charge in [-0.3, -0.25) is 9.59 Å². The number of hydrogen-bond acceptors (Lipinski definition) is 7. The van der Waals surface area contributed by atoms with Crippen molar-refractivity contribution in [1.29, 1.82) is 0 Å². The van der Waals surface area contributed by atoms with Crippen LogP contribution in [-0.2, 0) is 32.2 Å². The Bertz CT molecular complexity index is 1710. The van der Waals surface area contributed by atoms with Crippen molar-refractivity contribution in [2.45, 2.75) is 63.8 Å². The Hall–Kier alpha value is -4.80. The second kappa shape index (κ2) is 18.3. The van der Waals surface area contributed by atoms with E-state index in [1.165, 1.54) is 0 Å². The van der Waals surface area contributed by atoms with Crippen molar-refractivity contribution in [3.8, 4) is 11.1 Å². The average Bonchev–Trinajstić information content (AvgIpc) is 3.13. The Morgan fingerprint density at radius 2 is 1.58 bits per heavy atom. The number of unbranched alkanes of at least 4 members (excludes halogenated alkanes) is 1. The van der Waals surface area contributed by atoms with Crippen LogP contribution in [0.25, 0.3) is 11.1 Å². The van der Waals surface area contributed by atoms with E-state index in [2.05, 4.69) is 47.4 Å². The Balaban J connectivity index is 1.17. The molecule has 1 saturated heterocycles. The highest BCUT2D eigenvalue weighted by Gasteiger charge is 2.32. The largest absolute Gasteiger partial charge is 0.397 e. The van der Waals surface area contributed by atoms with Gasteiger partial charge in [-0.25, -0.2) is 0 Å². The van der Waals surface area contributed by atoms with Gasteiger partial charge in [-0.2, -0.15) is 0 Å². The van der Waals surface area contributed by atoms with Crippen molar-refractivity contribution in [3.05, 3.63) is 132 Å². The van der Waals surface area contributed by atoms with E-state index in [0.29, 0.717) is 50.0 Å². The molecule has 9 nitrogen and oxygen atoms in total. The van der Waals surface area contributed by atoms with Gasteiger partial charge in [-0.15, -0.1) is 6.58 Å². The summed E-state index contributed by atoms with van der Waals surface area (Å²) < 4.78 is 13.0. The van der Waals surface area contributed by atoms with Gasteiger partial charge in [-0.05, 0) is 59.8 Å². The number of nitrogens with zero attached hydrogens (tertiary/aromatic N) is 1. The predicted octanol–water partition coefficient (Wildman–Crippen LogP) is 6.91. The van der Waals surface area contributed by atoms with E-state index in [9.17, 15) is 14.7 Å². The van der Waals surface area contributed by atoms with E-state index in [1.807, 2.05) is 72.8 Å². The highest BCUT2D eigenvalue weighted by Crippen LogP contribution is 2.38. The van der Waals surface area contributed by atoms with Crippen LogP contribution in [-0.4, -0.2) is 48.1 Å². The molecule has 0 aromatic heterocycles. The zero-order chi connectivity index (χ0) is 35.3. The Labute approximate surface area is 295 Å². The standard InChI is InChI=1S/C41H48N4O5/c1-3-24-45(2)27-34-25-38(31-18-16-29(28-46)17-19-31)50-41(49-34)32-22-20-30(21-23-32)35-11-5-4-10-33(35)26-43-39(47)14-8-9-15-40(48)44-37-13-7-6-12-36(37)42/h3-7,10-13,16-23,34,38,41,46H,1,8-9,14-15,24-28,42H2,2H3,(H,43,47)(H,44,48)/t34-,38+,41+/m1/s1. The zero-order valence-corrected chi connectivity index (χ0v) is 28.7. The van der Waals surface area contributed by atoms with Gasteiger partial charge in [0.1, 0.15) is 0 Å². The van der Waals surface area contributed by atoms with Crippen LogP contribution in [0.3, 0.4) is 0 Å². The van der Waals surface area contributed by atoms with Crippen LogP contribution >= 0.6 is 0 Å². The van der Waals surface area contributed by atoms with Crippen molar-refractivity contribution in [2.75, 3.05) is 31.2 Å². The molecule has 1 aliphatic rings. The molecule has 3 atom stereocenters. The molecule has 262 valence electrons. The molecule has 0 saturated carbocycles. The smallest absolute Gasteiger partial charge is 0.224 e. The first-order chi connectivity index (χ1) is 24.3. The monoisotopic (exact) mass is 676 g/mol. The molecule has 50 heavy (non-hydrogen) atoms. The number of anilines is 2. The van der Waals surface area contributed by atoms with Crippen LogP contribution in [0.1, 0.15) is 66.8 Å². The quantitative estimate of drug-likeness (QED) is 0.0578. The maximum absolute atomic E-state index is 12.7. The number of amides is 2. The highest BCUT2D eigenvalue weighted by molar-refractivity contribution is 5.93. The summed E-state index contributed by atoms with van der Waals surface area (Å²) in [6, 6.07) is 31.3. The summed E-state index contributed by atoms with van der Waals surface area (Å²) in [5.41, 5.74) is 12.9. The molecule has 2 amide bonds. The molecule has 5 rings (SSSR count). The molecule has 4 aromatic rings. The first kappa shape index (κ1) is 36.5. The van der Waals surface area contributed by atoms with Crippen molar-refractivity contribution < 1.29 is 24.2 Å². The van der Waals surface area contributed by atoms with Crippen molar-refractivity contribution >= 4 is 23.2 Å². The number of rotatable bonds is 16. The van der Waals surface area contributed by atoms with Gasteiger partial charge >= 0.3 is 0 Å². The van der Waals surface area contributed by atoms with E-state index in [1.54, 1.807) is 12.1 Å². The maximum atomic E-state index is 12.7. The van der Waals surface area contributed by atoms with Gasteiger partial charge in [0, 0.05) is 44.5 Å². The minimum Gasteiger partial charge on any atom is -0.397 e. The number of aliphatic hydroxyl groups is 1. The van der Waals surface area contributed by atoms with E-state index in [-0.39, 0.29) is 30.6 Å². The predicted molar refractivity (Wildman–Crippen MR) is 198 cm³/mol. The molecule has 0 radical (unpaired) electrons. The third-order valence-electron chi connectivity index (χ3n) is 8.85. The molecule has 0 aliphatic carbocycles. The second-order valence-electron chi connectivity index (χ2n) is 12.8. The van der Waals surface area contributed by atoms with Gasteiger partial charge in [0.15, 0.2) is 6.29 Å². The lowest BCUT2D eigenvalue weighted by Gasteiger charge is -2.37. The maximum Gasteiger partial charge on any atom is 0.224 e. The van der Waals surface area contributed by atoms with Gasteiger partial charge < -0.3 is 35.8 Å². The fourth-order valence-corrected chi connectivity index (χ4v) is 6.13. The van der Waals surface area contributed by atoms with E-state index >= 15 is 0 Å². The highest BCUT2D eigenvalue weighted by atomic mass is 16.7. The number of nitrogens with one attached hydrogen (secondary N) is 2. The third-order valence-corrected chi connectivity index (χ3v) is 8.85. The van der Waals surface area contributed by atoms with Crippen molar-refractivity contribution in [2.24, 2.45) is 0 Å². The fourth-order valence-electron chi connectivity index (χ4n) is 6.13. The molecule has 0 unspecified atom stereocenters. The zero-order valence-electron chi connectivity index (χ0n) is 28.7. The number of aliphatic hydroxyl groups excluding tert-OH is 1. The summed E-state index contributed by atoms with van der Waals surface area (Å²) in [5.74, 6) is -0.169. The molecule has 0 bridgehead atoms. The normalized spacial score (nSPS) is 17.3. The molecule has 0 spiro atoms. The summed E-state index contributed by atoms with van der Waals surface area (Å²) in [6.45, 7) is 5.77. The number of benzene rings is 4. The Kier molecular flexibility index (Phi) is 13.3. The summed E-state index contributed by atoms with van der Waals surface area (Å²) in [4.78, 5) is 27.1. The minimum atomic E-state index is -0.542. The number of para-hydroxylation sites is 2. The molecule has 5 N–H and O–H groups in total. The fraction of sp³-hybridized carbons (Fsp3) is 0.317. The molecule has 1 fully saturated rings. The first-order valence-electron chi connectivity index (χ1n) is 17.2. The molecular weight excluding hydrogens is 628 g/mol. The van der Waals surface area contributed by atoms with Gasteiger partial charge in [0.25, 0.3) is 0 Å². The number of carbonyl (C=O) groups excluding carboxylic acids is 2. The SMILES string of the molecule is C=CCN(C)C[C@H]1C[C@@H](c2ccc(CO)cc2)O[C@@H](c2ccc(-c3ccccc3CNC(=O)CCCCC(=O)Nc3ccccc3N)cc2)O1. The first-order valence-corrected chi connectivity index (χ1v) is 17.2. The van der Waals surface area contributed by atoms with Gasteiger partial charge in [-0.1, -0.05) is 91.0 Å². The molecular formula is C41H48N4O5. The van der Waals surface area contributed by atoms with Crippen LogP contribution in [0.4, 0.5) is 11.4 Å². The van der Waals surface area contributed by atoms with Crippen LogP contribution < -0.4 is 16.4 Å². The average molecular weight is 677 g/mol. The third kappa shape index (κ3) is 10.4. The van der Waals surface area contributed by atoms with Crippen molar-refractivity contribution in [3.63, 3.8) is 0 Å². The molecule has 1 aliphatic heterocycles. The summed E-state index contributed by atoms with van der Waals surface area (Å²) in [7, 11) is 2.06. The molecule has 9 heteroatoms. The number of likely N-dealkylation sites (N-methyl/N-ethyl adjacent to an activating group) is 1. The van der Waals surface area contributed by atoms with E-state index in [4.69, 9.17) is 15.2 Å². The second-order valence-corrected chi connectivity index (χ2v) is 12.8. The van der Waals surface area contributed by atoms with Crippen LogP contribution in [0.2, 0.25) is 0 Å². The van der Waals surface area contributed by atoms with Crippen LogP contribution in [0.15, 0.2) is 110 Å². The van der Waals surface area contributed by atoms with Crippen molar-refractivity contribution in [1.82, 2.24) is 10.2 Å². The number of hydrogen-bond donors (Lipinski definition) is 4. The lowest BCUT2D eigenvalue weighted by molar-refractivity contribution is -0.252. The van der Waals surface area contributed by atoms with Gasteiger partial charge in [0.05, 0.1) is 30.2 Å². The summed E-state index contributed by atoms with van der Waals surface area (Å²) >= 11 is 0. The van der Waals surface area contributed by atoms with E-state index < -0.39 is 6.29 Å². The molecule has 4 aromatic carbocycles. The minimum absolute atomic E-state index is 0.00233. The summed E-state index contributed by atoms with van der Waals surface area (Å²) in [6.07, 6.45) is 3.74. The number of ether oxygens (including phenoxy) is 2. The molecule has 1 heterocycles.